The van der Waals surface area contributed by atoms with Crippen molar-refractivity contribution in [3.05, 3.63) is 77.7 Å². The lowest BCUT2D eigenvalue weighted by atomic mass is 10.2. The van der Waals surface area contributed by atoms with E-state index in [0.29, 0.717) is 5.02 Å². The minimum atomic E-state index is 0.711. The molecule has 1 aromatic carbocycles. The topological polar surface area (TPSA) is 55.1 Å². The summed E-state index contributed by atoms with van der Waals surface area (Å²) in [5.41, 5.74) is 3.82. The van der Waals surface area contributed by atoms with Gasteiger partial charge in [-0.3, -0.25) is 4.98 Å². The fraction of sp³-hybridized carbons (Fsp3) is 0.105. The minimum absolute atomic E-state index is 0.711. The van der Waals surface area contributed by atoms with E-state index in [-0.39, 0.29) is 0 Å². The van der Waals surface area contributed by atoms with E-state index in [1.165, 1.54) is 0 Å². The second-order valence-electron chi connectivity index (χ2n) is 5.64. The van der Waals surface area contributed by atoms with Crippen molar-refractivity contribution in [3.63, 3.8) is 0 Å². The van der Waals surface area contributed by atoms with Crippen molar-refractivity contribution in [1.29, 1.82) is 0 Å². The summed E-state index contributed by atoms with van der Waals surface area (Å²) in [6, 6.07) is 17.5. The highest BCUT2D eigenvalue weighted by molar-refractivity contribution is 6.30. The average Bonchev–Trinajstić information content (AvgIpc) is 3.07. The quantitative estimate of drug-likeness (QED) is 0.589. The lowest BCUT2D eigenvalue weighted by Gasteiger charge is -2.07. The molecule has 0 atom stereocenters. The Kier molecular flexibility index (Phi) is 4.31. The molecule has 1 N–H and O–H groups in total. The van der Waals surface area contributed by atoms with Gasteiger partial charge < -0.3 is 5.32 Å². The van der Waals surface area contributed by atoms with Crippen LogP contribution in [-0.4, -0.2) is 26.1 Å². The molecule has 0 spiro atoms. The van der Waals surface area contributed by atoms with Gasteiger partial charge in [-0.1, -0.05) is 29.8 Å². The van der Waals surface area contributed by atoms with Crippen LogP contribution in [0.15, 0.2) is 67.0 Å². The number of halogens is 1. The maximum atomic E-state index is 5.97. The van der Waals surface area contributed by atoms with Crippen molar-refractivity contribution in [2.75, 3.05) is 11.9 Å². The number of fused-ring (bicyclic) bond motifs is 1. The standard InChI is InChI=1S/C19H16ClN5/c20-15-6-4-14(5-7-15)17-13-23-19-9-8-18(24-25(17)19)22-12-10-16-3-1-2-11-21-16/h1-9,11,13H,10,12H2,(H,22,24). The SMILES string of the molecule is Clc1ccc(-c2cnc3ccc(NCCc4ccccn4)nn23)cc1. The first-order valence-electron chi connectivity index (χ1n) is 8.04. The van der Waals surface area contributed by atoms with E-state index in [9.17, 15) is 0 Å². The molecule has 0 radical (unpaired) electrons. The summed E-state index contributed by atoms with van der Waals surface area (Å²) in [5.74, 6) is 0.802. The lowest BCUT2D eigenvalue weighted by Crippen LogP contribution is -2.09. The molecular weight excluding hydrogens is 334 g/mol. The number of imidazole rings is 1. The van der Waals surface area contributed by atoms with Crippen LogP contribution in [0, 0.1) is 0 Å². The number of pyridine rings is 1. The molecule has 4 aromatic rings. The number of rotatable bonds is 5. The molecule has 0 unspecified atom stereocenters. The van der Waals surface area contributed by atoms with Crippen LogP contribution in [-0.2, 0) is 6.42 Å². The van der Waals surface area contributed by atoms with Crippen molar-refractivity contribution in [2.45, 2.75) is 6.42 Å². The number of anilines is 1. The van der Waals surface area contributed by atoms with Gasteiger partial charge in [-0.05, 0) is 36.4 Å². The Balaban J connectivity index is 1.55. The van der Waals surface area contributed by atoms with E-state index < -0.39 is 0 Å². The summed E-state index contributed by atoms with van der Waals surface area (Å²) in [5, 5.41) is 8.71. The molecule has 0 bridgehead atoms. The Morgan fingerprint density at radius 1 is 0.960 bits per heavy atom. The van der Waals surface area contributed by atoms with Crippen LogP contribution in [0.1, 0.15) is 5.69 Å². The molecule has 0 saturated carbocycles. The Morgan fingerprint density at radius 2 is 1.84 bits per heavy atom. The predicted molar refractivity (Wildman–Crippen MR) is 99.9 cm³/mol. The van der Waals surface area contributed by atoms with Gasteiger partial charge in [0.1, 0.15) is 5.82 Å². The predicted octanol–water partition coefficient (Wildman–Crippen LogP) is 4.10. The highest BCUT2D eigenvalue weighted by Crippen LogP contribution is 2.22. The van der Waals surface area contributed by atoms with E-state index in [1.54, 1.807) is 0 Å². The van der Waals surface area contributed by atoms with Crippen molar-refractivity contribution in [1.82, 2.24) is 19.6 Å². The molecule has 25 heavy (non-hydrogen) atoms. The number of nitrogens with zero attached hydrogens (tertiary/aromatic N) is 4. The van der Waals surface area contributed by atoms with E-state index in [4.69, 9.17) is 11.6 Å². The first-order chi connectivity index (χ1) is 12.3. The Hall–Kier alpha value is -2.92. The van der Waals surface area contributed by atoms with Gasteiger partial charge in [0.2, 0.25) is 0 Å². The molecule has 124 valence electrons. The second-order valence-corrected chi connectivity index (χ2v) is 6.07. The van der Waals surface area contributed by atoms with Crippen molar-refractivity contribution in [2.24, 2.45) is 0 Å². The van der Waals surface area contributed by atoms with Crippen LogP contribution >= 0.6 is 11.6 Å². The van der Waals surface area contributed by atoms with Gasteiger partial charge in [0.15, 0.2) is 5.65 Å². The van der Waals surface area contributed by atoms with Gasteiger partial charge in [-0.25, -0.2) is 9.50 Å². The molecule has 5 nitrogen and oxygen atoms in total. The molecule has 0 aliphatic rings. The molecular formula is C19H16ClN5. The van der Waals surface area contributed by atoms with Crippen molar-refractivity contribution < 1.29 is 0 Å². The summed E-state index contributed by atoms with van der Waals surface area (Å²) in [7, 11) is 0. The van der Waals surface area contributed by atoms with Crippen LogP contribution in [0.5, 0.6) is 0 Å². The largest absolute Gasteiger partial charge is 0.368 e. The monoisotopic (exact) mass is 349 g/mol. The molecule has 0 aliphatic carbocycles. The molecule has 6 heteroatoms. The first kappa shape index (κ1) is 15.6. The second kappa shape index (κ2) is 6.91. The average molecular weight is 350 g/mol. The van der Waals surface area contributed by atoms with E-state index in [1.807, 2.05) is 71.5 Å². The first-order valence-corrected chi connectivity index (χ1v) is 8.42. The molecule has 0 amide bonds. The number of hydrogen-bond acceptors (Lipinski definition) is 4. The van der Waals surface area contributed by atoms with Gasteiger partial charge in [0.05, 0.1) is 11.9 Å². The summed E-state index contributed by atoms with van der Waals surface area (Å²) < 4.78 is 1.84. The van der Waals surface area contributed by atoms with E-state index in [2.05, 4.69) is 20.4 Å². The minimum Gasteiger partial charge on any atom is -0.368 e. The van der Waals surface area contributed by atoms with Crippen molar-refractivity contribution in [3.8, 4) is 11.3 Å². The summed E-state index contributed by atoms with van der Waals surface area (Å²) in [4.78, 5) is 8.74. The molecule has 0 fully saturated rings. The van der Waals surface area contributed by atoms with Gasteiger partial charge in [-0.15, -0.1) is 5.10 Å². The zero-order valence-electron chi connectivity index (χ0n) is 13.4. The molecule has 4 rings (SSSR count). The molecule has 0 aliphatic heterocycles. The third-order valence-corrected chi connectivity index (χ3v) is 4.17. The maximum Gasteiger partial charge on any atom is 0.154 e. The zero-order chi connectivity index (χ0) is 17.1. The number of aromatic nitrogens is 4. The Labute approximate surface area is 150 Å². The normalized spacial score (nSPS) is 10.9. The summed E-state index contributed by atoms with van der Waals surface area (Å²) in [6.07, 6.45) is 4.47. The zero-order valence-corrected chi connectivity index (χ0v) is 14.2. The maximum absolute atomic E-state index is 5.97. The Bertz CT molecular complexity index is 980. The highest BCUT2D eigenvalue weighted by Gasteiger charge is 2.08. The fourth-order valence-electron chi connectivity index (χ4n) is 2.65. The summed E-state index contributed by atoms with van der Waals surface area (Å²) >= 11 is 5.97. The van der Waals surface area contributed by atoms with Crippen LogP contribution < -0.4 is 5.32 Å². The van der Waals surface area contributed by atoms with E-state index >= 15 is 0 Å². The molecule has 3 heterocycles. The van der Waals surface area contributed by atoms with Crippen LogP contribution in [0.4, 0.5) is 5.82 Å². The van der Waals surface area contributed by atoms with Gasteiger partial charge in [0.25, 0.3) is 0 Å². The smallest absolute Gasteiger partial charge is 0.154 e. The van der Waals surface area contributed by atoms with Crippen molar-refractivity contribution >= 4 is 23.1 Å². The van der Waals surface area contributed by atoms with Crippen LogP contribution in [0.3, 0.4) is 0 Å². The van der Waals surface area contributed by atoms with Gasteiger partial charge in [-0.2, -0.15) is 0 Å². The van der Waals surface area contributed by atoms with E-state index in [0.717, 1.165) is 41.4 Å². The number of benzene rings is 1. The summed E-state index contributed by atoms with van der Waals surface area (Å²) in [6.45, 7) is 0.764. The fourth-order valence-corrected chi connectivity index (χ4v) is 2.78. The Morgan fingerprint density at radius 3 is 2.64 bits per heavy atom. The highest BCUT2D eigenvalue weighted by atomic mass is 35.5. The van der Waals surface area contributed by atoms with Gasteiger partial charge >= 0.3 is 0 Å². The number of hydrogen-bond donors (Lipinski definition) is 1. The number of nitrogens with one attached hydrogen (secondary N) is 1. The molecule has 0 saturated heterocycles. The third kappa shape index (κ3) is 3.46. The van der Waals surface area contributed by atoms with Gasteiger partial charge in [0, 0.05) is 35.4 Å². The lowest BCUT2D eigenvalue weighted by molar-refractivity contribution is 0.907. The third-order valence-electron chi connectivity index (χ3n) is 3.92. The van der Waals surface area contributed by atoms with Crippen LogP contribution in [0.25, 0.3) is 16.9 Å². The molecule has 3 aromatic heterocycles. The van der Waals surface area contributed by atoms with Crippen LogP contribution in [0.2, 0.25) is 5.02 Å².